The molecular formula is C20H13BrO3. The zero-order valence-corrected chi connectivity index (χ0v) is 14.4. The van der Waals surface area contributed by atoms with Crippen molar-refractivity contribution in [2.75, 3.05) is 0 Å². The van der Waals surface area contributed by atoms with E-state index in [0.717, 1.165) is 45.7 Å². The normalized spacial score (nSPS) is 13.7. The number of fused-ring (bicyclic) bond motifs is 3. The van der Waals surface area contributed by atoms with Gasteiger partial charge in [0, 0.05) is 26.9 Å². The van der Waals surface area contributed by atoms with Gasteiger partial charge in [0.1, 0.15) is 16.9 Å². The quantitative estimate of drug-likeness (QED) is 0.412. The van der Waals surface area contributed by atoms with Crippen molar-refractivity contribution in [3.05, 3.63) is 68.5 Å². The van der Waals surface area contributed by atoms with Crippen LogP contribution in [0, 0.1) is 0 Å². The van der Waals surface area contributed by atoms with E-state index < -0.39 is 0 Å². The summed E-state index contributed by atoms with van der Waals surface area (Å²) in [6.07, 6.45) is 3.29. The molecule has 0 unspecified atom stereocenters. The first-order valence-electron chi connectivity index (χ1n) is 7.96. The fourth-order valence-electron chi connectivity index (χ4n) is 3.58. The minimum Gasteiger partial charge on any atom is -0.456 e. The minimum absolute atomic E-state index is 0.350. The van der Waals surface area contributed by atoms with E-state index in [2.05, 4.69) is 22.0 Å². The number of hydrogen-bond acceptors (Lipinski definition) is 3. The lowest BCUT2D eigenvalue weighted by Crippen LogP contribution is -1.98. The fourth-order valence-corrected chi connectivity index (χ4v) is 3.96. The first-order valence-corrected chi connectivity index (χ1v) is 8.76. The van der Waals surface area contributed by atoms with E-state index in [9.17, 15) is 4.79 Å². The van der Waals surface area contributed by atoms with E-state index in [-0.39, 0.29) is 5.63 Å². The molecular weight excluding hydrogens is 368 g/mol. The maximum atomic E-state index is 12.0. The summed E-state index contributed by atoms with van der Waals surface area (Å²) in [5, 5.41) is 1.94. The predicted molar refractivity (Wildman–Crippen MR) is 97.4 cm³/mol. The smallest absolute Gasteiger partial charge is 0.336 e. The molecule has 2 heterocycles. The zero-order valence-electron chi connectivity index (χ0n) is 12.8. The van der Waals surface area contributed by atoms with Gasteiger partial charge >= 0.3 is 5.63 Å². The molecule has 0 N–H and O–H groups in total. The van der Waals surface area contributed by atoms with Gasteiger partial charge in [-0.1, -0.05) is 15.9 Å². The summed E-state index contributed by atoms with van der Waals surface area (Å²) in [5.74, 6) is 0.693. The molecule has 0 aliphatic heterocycles. The third-order valence-electron chi connectivity index (χ3n) is 4.70. The molecule has 0 fully saturated rings. The molecule has 118 valence electrons. The Labute approximate surface area is 146 Å². The highest BCUT2D eigenvalue weighted by Gasteiger charge is 2.17. The molecule has 0 atom stereocenters. The predicted octanol–water partition coefficient (Wildman–Crippen LogP) is 5.46. The highest BCUT2D eigenvalue weighted by molar-refractivity contribution is 9.10. The third-order valence-corrected chi connectivity index (χ3v) is 5.19. The molecule has 2 aromatic carbocycles. The van der Waals surface area contributed by atoms with Gasteiger partial charge in [0.25, 0.3) is 0 Å². The van der Waals surface area contributed by atoms with Crippen LogP contribution in [-0.2, 0) is 12.8 Å². The van der Waals surface area contributed by atoms with Crippen LogP contribution in [0.15, 0.2) is 60.6 Å². The molecule has 5 rings (SSSR count). The Morgan fingerprint density at radius 2 is 1.71 bits per heavy atom. The minimum atomic E-state index is -0.350. The molecule has 0 saturated carbocycles. The number of furan rings is 1. The van der Waals surface area contributed by atoms with Gasteiger partial charge < -0.3 is 8.83 Å². The standard InChI is InChI=1S/C20H13BrO3/c21-14-4-5-17-13(6-14)9-18(23-17)16-10-20(22)24-19-8-12-3-1-2-11(12)7-15(16)19/h4-10H,1-3H2. The van der Waals surface area contributed by atoms with Crippen LogP contribution >= 0.6 is 15.9 Å². The van der Waals surface area contributed by atoms with Crippen molar-refractivity contribution < 1.29 is 8.83 Å². The van der Waals surface area contributed by atoms with Gasteiger partial charge in [0.15, 0.2) is 0 Å². The van der Waals surface area contributed by atoms with Crippen molar-refractivity contribution in [1.82, 2.24) is 0 Å². The molecule has 0 saturated heterocycles. The van der Waals surface area contributed by atoms with Crippen LogP contribution in [0.1, 0.15) is 17.5 Å². The van der Waals surface area contributed by atoms with E-state index >= 15 is 0 Å². The Hall–Kier alpha value is -2.33. The van der Waals surface area contributed by atoms with E-state index in [1.54, 1.807) is 0 Å². The monoisotopic (exact) mass is 380 g/mol. The van der Waals surface area contributed by atoms with Gasteiger partial charge in [-0.2, -0.15) is 0 Å². The third kappa shape index (κ3) is 2.13. The largest absolute Gasteiger partial charge is 0.456 e. The van der Waals surface area contributed by atoms with Crippen molar-refractivity contribution in [3.63, 3.8) is 0 Å². The number of halogens is 1. The van der Waals surface area contributed by atoms with Gasteiger partial charge in [0.05, 0.1) is 0 Å². The Morgan fingerprint density at radius 3 is 2.58 bits per heavy atom. The molecule has 2 aromatic heterocycles. The van der Waals surface area contributed by atoms with Gasteiger partial charge in [-0.25, -0.2) is 4.79 Å². The van der Waals surface area contributed by atoms with Gasteiger partial charge in [-0.05, 0) is 66.8 Å². The summed E-state index contributed by atoms with van der Waals surface area (Å²) in [5.41, 5.74) is 4.52. The lowest BCUT2D eigenvalue weighted by atomic mass is 10.0. The molecule has 1 aliphatic carbocycles. The van der Waals surface area contributed by atoms with Gasteiger partial charge in [0.2, 0.25) is 0 Å². The van der Waals surface area contributed by atoms with Crippen molar-refractivity contribution in [2.24, 2.45) is 0 Å². The second-order valence-electron chi connectivity index (χ2n) is 6.24. The maximum Gasteiger partial charge on any atom is 0.336 e. The second-order valence-corrected chi connectivity index (χ2v) is 7.16. The first-order chi connectivity index (χ1) is 11.7. The molecule has 1 aliphatic rings. The van der Waals surface area contributed by atoms with Gasteiger partial charge in [-0.15, -0.1) is 0 Å². The van der Waals surface area contributed by atoms with Crippen LogP contribution in [0.2, 0.25) is 0 Å². The topological polar surface area (TPSA) is 43.4 Å². The van der Waals surface area contributed by atoms with Crippen molar-refractivity contribution >= 4 is 37.9 Å². The summed E-state index contributed by atoms with van der Waals surface area (Å²) in [6.45, 7) is 0. The van der Waals surface area contributed by atoms with Crippen LogP contribution in [0.25, 0.3) is 33.3 Å². The Balaban J connectivity index is 1.82. The Kier molecular flexibility index (Phi) is 2.98. The van der Waals surface area contributed by atoms with Gasteiger partial charge in [-0.3, -0.25) is 0 Å². The number of hydrogen-bond donors (Lipinski definition) is 0. The maximum absolute atomic E-state index is 12.0. The van der Waals surface area contributed by atoms with Crippen LogP contribution in [0.5, 0.6) is 0 Å². The van der Waals surface area contributed by atoms with Crippen LogP contribution in [-0.4, -0.2) is 0 Å². The Morgan fingerprint density at radius 1 is 0.875 bits per heavy atom. The summed E-state index contributed by atoms with van der Waals surface area (Å²) in [7, 11) is 0. The van der Waals surface area contributed by atoms with Crippen LogP contribution in [0.4, 0.5) is 0 Å². The summed E-state index contributed by atoms with van der Waals surface area (Å²) in [4.78, 5) is 12.0. The lowest BCUT2D eigenvalue weighted by Gasteiger charge is -2.06. The molecule has 24 heavy (non-hydrogen) atoms. The van der Waals surface area contributed by atoms with Crippen molar-refractivity contribution in [2.45, 2.75) is 19.3 Å². The molecule has 4 aromatic rings. The lowest BCUT2D eigenvalue weighted by molar-refractivity contribution is 0.559. The molecule has 0 bridgehead atoms. The van der Waals surface area contributed by atoms with Crippen molar-refractivity contribution in [1.29, 1.82) is 0 Å². The molecule has 3 nitrogen and oxygen atoms in total. The molecule has 4 heteroatoms. The summed E-state index contributed by atoms with van der Waals surface area (Å²) in [6, 6.07) is 13.5. The van der Waals surface area contributed by atoms with E-state index in [0.29, 0.717) is 11.3 Å². The Bertz CT molecular complexity index is 1170. The summed E-state index contributed by atoms with van der Waals surface area (Å²) < 4.78 is 12.4. The SMILES string of the molecule is O=c1cc(-c2cc3cc(Br)ccc3o2)c2cc3c(cc2o1)CCC3. The summed E-state index contributed by atoms with van der Waals surface area (Å²) >= 11 is 3.48. The van der Waals surface area contributed by atoms with Crippen LogP contribution in [0.3, 0.4) is 0 Å². The average molecular weight is 381 g/mol. The first kappa shape index (κ1) is 14.1. The van der Waals surface area contributed by atoms with Crippen LogP contribution < -0.4 is 5.63 Å². The molecule has 0 spiro atoms. The van der Waals surface area contributed by atoms with E-state index in [4.69, 9.17) is 8.83 Å². The number of benzene rings is 2. The molecule has 0 amide bonds. The molecule has 0 radical (unpaired) electrons. The second kappa shape index (κ2) is 5.08. The number of aryl methyl sites for hydroxylation is 2. The van der Waals surface area contributed by atoms with E-state index in [1.807, 2.05) is 30.3 Å². The number of rotatable bonds is 1. The zero-order chi connectivity index (χ0) is 16.3. The average Bonchev–Trinajstić information content (AvgIpc) is 3.17. The highest BCUT2D eigenvalue weighted by atomic mass is 79.9. The van der Waals surface area contributed by atoms with Crippen molar-refractivity contribution in [3.8, 4) is 11.3 Å². The van der Waals surface area contributed by atoms with E-state index in [1.165, 1.54) is 17.2 Å². The highest BCUT2D eigenvalue weighted by Crippen LogP contribution is 2.35. The fraction of sp³-hybridized carbons (Fsp3) is 0.150.